The maximum atomic E-state index is 11.8. The number of hydrogen-bond donors (Lipinski definition) is 3. The summed E-state index contributed by atoms with van der Waals surface area (Å²) in [5.41, 5.74) is 0. The zero-order valence-corrected chi connectivity index (χ0v) is 21.5. The number of esters is 2. The van der Waals surface area contributed by atoms with Gasteiger partial charge >= 0.3 is 19.8 Å². The first-order valence-corrected chi connectivity index (χ1v) is 13.5. The third-order valence-corrected chi connectivity index (χ3v) is 4.94. The van der Waals surface area contributed by atoms with Gasteiger partial charge in [-0.1, -0.05) is 55.0 Å². The number of unbranched alkanes of at least 4 members (excludes halogenated alkanes) is 4. The molecule has 0 aliphatic heterocycles. The van der Waals surface area contributed by atoms with Crippen molar-refractivity contribution in [2.24, 2.45) is 0 Å². The van der Waals surface area contributed by atoms with Crippen LogP contribution < -0.4 is 0 Å². The van der Waals surface area contributed by atoms with Crippen molar-refractivity contribution in [3.63, 3.8) is 0 Å². The van der Waals surface area contributed by atoms with Gasteiger partial charge in [-0.15, -0.1) is 0 Å². The summed E-state index contributed by atoms with van der Waals surface area (Å²) in [5.74, 6) is -1.17. The van der Waals surface area contributed by atoms with E-state index in [4.69, 9.17) is 24.4 Å². The molecule has 0 aromatic rings. The third kappa shape index (κ3) is 26.4. The molecule has 0 bridgehead atoms. The van der Waals surface area contributed by atoms with E-state index in [0.29, 0.717) is 12.8 Å². The van der Waals surface area contributed by atoms with Crippen LogP contribution in [-0.4, -0.2) is 52.8 Å². The van der Waals surface area contributed by atoms with Crippen molar-refractivity contribution in [3.05, 3.63) is 48.6 Å². The normalized spacial score (nSPS) is 13.4. The van der Waals surface area contributed by atoms with E-state index in [0.717, 1.165) is 51.9 Å². The zero-order chi connectivity index (χ0) is 26.2. The van der Waals surface area contributed by atoms with Crippen LogP contribution in [0.2, 0.25) is 0 Å². The Labute approximate surface area is 208 Å². The molecule has 0 radical (unpaired) electrons. The van der Waals surface area contributed by atoms with Crippen LogP contribution in [-0.2, 0) is 28.2 Å². The Hall–Kier alpha value is -2.03. The molecule has 0 spiro atoms. The number of hydrogen-bond acceptors (Lipinski definition) is 7. The number of phosphoric ester groups is 1. The monoisotopic (exact) mass is 516 g/mol. The highest BCUT2D eigenvalue weighted by Gasteiger charge is 2.21. The molecule has 3 N–H and O–H groups in total. The molecule has 0 heterocycles. The second-order valence-corrected chi connectivity index (χ2v) is 9.00. The summed E-state index contributed by atoms with van der Waals surface area (Å²) in [6.07, 6.45) is 24.0. The second kappa shape index (κ2) is 22.4. The van der Waals surface area contributed by atoms with Crippen LogP contribution in [0.3, 0.4) is 0 Å². The van der Waals surface area contributed by atoms with Crippen molar-refractivity contribution in [2.75, 3.05) is 19.8 Å². The summed E-state index contributed by atoms with van der Waals surface area (Å²) in [6.45, 7) is 0.496. The highest BCUT2D eigenvalue weighted by Crippen LogP contribution is 2.35. The van der Waals surface area contributed by atoms with Crippen LogP contribution >= 0.6 is 7.82 Å². The van der Waals surface area contributed by atoms with Gasteiger partial charge in [-0.2, -0.15) is 0 Å². The first-order valence-electron chi connectivity index (χ1n) is 12.0. The van der Waals surface area contributed by atoms with Gasteiger partial charge in [0.05, 0.1) is 6.61 Å². The number of allylic oxidation sites excluding steroid dienone is 8. The predicted octanol–water partition coefficient (Wildman–Crippen LogP) is 4.69. The Balaban J connectivity index is 3.82. The molecular formula is C25H41O9P. The topological polar surface area (TPSA) is 140 Å². The van der Waals surface area contributed by atoms with E-state index in [1.165, 1.54) is 0 Å². The van der Waals surface area contributed by atoms with Gasteiger partial charge in [0.1, 0.15) is 6.61 Å². The van der Waals surface area contributed by atoms with Crippen molar-refractivity contribution >= 4 is 19.8 Å². The highest BCUT2D eigenvalue weighted by atomic mass is 31.2. The summed E-state index contributed by atoms with van der Waals surface area (Å²) in [5, 5.41) is 8.71. The van der Waals surface area contributed by atoms with Crippen LogP contribution in [0.15, 0.2) is 48.6 Å². The molecule has 0 aromatic heterocycles. The number of carbonyl (C=O) groups excluding carboxylic acids is 2. The Bertz CT molecular complexity index is 722. The molecule has 0 saturated heterocycles. The summed E-state index contributed by atoms with van der Waals surface area (Å²) in [6, 6.07) is 0. The smallest absolute Gasteiger partial charge is 0.462 e. The van der Waals surface area contributed by atoms with E-state index in [2.05, 4.69) is 41.0 Å². The maximum Gasteiger partial charge on any atom is 0.469 e. The van der Waals surface area contributed by atoms with E-state index < -0.39 is 32.5 Å². The Morgan fingerprint density at radius 1 is 0.800 bits per heavy atom. The molecule has 0 aromatic carbocycles. The van der Waals surface area contributed by atoms with E-state index in [1.807, 2.05) is 12.2 Å². The van der Waals surface area contributed by atoms with Gasteiger partial charge < -0.3 is 24.4 Å². The Kier molecular flexibility index (Phi) is 21.1. The maximum absolute atomic E-state index is 11.8. The molecule has 0 rings (SSSR count). The Morgan fingerprint density at radius 3 is 1.86 bits per heavy atom. The van der Waals surface area contributed by atoms with Gasteiger partial charge in [0.25, 0.3) is 0 Å². The van der Waals surface area contributed by atoms with Gasteiger partial charge in [-0.05, 0) is 51.4 Å². The Morgan fingerprint density at radius 2 is 1.34 bits per heavy atom. The van der Waals surface area contributed by atoms with Crippen molar-refractivity contribution in [2.45, 2.75) is 77.2 Å². The quantitative estimate of drug-likeness (QED) is 0.0858. The van der Waals surface area contributed by atoms with Gasteiger partial charge in [0.15, 0.2) is 6.10 Å². The van der Waals surface area contributed by atoms with E-state index in [-0.39, 0.29) is 19.6 Å². The lowest BCUT2D eigenvalue weighted by Crippen LogP contribution is -2.28. The fourth-order valence-corrected chi connectivity index (χ4v) is 3.11. The van der Waals surface area contributed by atoms with Crippen molar-refractivity contribution in [1.82, 2.24) is 0 Å². The van der Waals surface area contributed by atoms with Crippen molar-refractivity contribution < 1.29 is 43.0 Å². The molecule has 0 saturated carbocycles. The average Bonchev–Trinajstić information content (AvgIpc) is 2.79. The van der Waals surface area contributed by atoms with Crippen LogP contribution in [0.1, 0.15) is 71.1 Å². The van der Waals surface area contributed by atoms with Crippen LogP contribution in [0, 0.1) is 0 Å². The van der Waals surface area contributed by atoms with E-state index in [1.54, 1.807) is 0 Å². The van der Waals surface area contributed by atoms with Crippen LogP contribution in [0.4, 0.5) is 0 Å². The lowest BCUT2D eigenvalue weighted by Gasteiger charge is -2.17. The first kappa shape index (κ1) is 33.0. The van der Waals surface area contributed by atoms with Crippen LogP contribution in [0.25, 0.3) is 0 Å². The molecule has 200 valence electrons. The van der Waals surface area contributed by atoms with Crippen molar-refractivity contribution in [3.8, 4) is 0 Å². The lowest BCUT2D eigenvalue weighted by molar-refractivity contribution is -0.159. The van der Waals surface area contributed by atoms with Gasteiger partial charge in [0.2, 0.25) is 0 Å². The molecule has 0 aliphatic carbocycles. The molecule has 0 fully saturated rings. The first-order chi connectivity index (χ1) is 16.7. The third-order valence-electron chi connectivity index (χ3n) is 4.46. The summed E-state index contributed by atoms with van der Waals surface area (Å²) >= 11 is 0. The minimum Gasteiger partial charge on any atom is -0.462 e. The number of ether oxygens (including phenoxy) is 2. The van der Waals surface area contributed by atoms with E-state index >= 15 is 0 Å². The molecule has 0 unspecified atom stereocenters. The number of carbonyl (C=O) groups is 2. The summed E-state index contributed by atoms with van der Waals surface area (Å²) in [7, 11) is -4.71. The fraction of sp³-hybridized carbons (Fsp3) is 0.600. The number of phosphoric acid groups is 1. The molecule has 9 nitrogen and oxygen atoms in total. The molecule has 0 amide bonds. The van der Waals surface area contributed by atoms with Crippen LogP contribution in [0.5, 0.6) is 0 Å². The minimum absolute atomic E-state index is 0.175. The van der Waals surface area contributed by atoms with E-state index in [9.17, 15) is 14.2 Å². The summed E-state index contributed by atoms with van der Waals surface area (Å²) in [4.78, 5) is 40.3. The van der Waals surface area contributed by atoms with Crippen molar-refractivity contribution in [1.29, 1.82) is 0 Å². The number of aliphatic hydroxyl groups is 1. The van der Waals surface area contributed by atoms with Gasteiger partial charge in [-0.3, -0.25) is 14.1 Å². The predicted molar refractivity (Wildman–Crippen MR) is 134 cm³/mol. The fourth-order valence-electron chi connectivity index (χ4n) is 2.75. The zero-order valence-electron chi connectivity index (χ0n) is 20.6. The minimum atomic E-state index is -4.71. The highest BCUT2D eigenvalue weighted by molar-refractivity contribution is 7.46. The molecule has 0 aliphatic rings. The second-order valence-electron chi connectivity index (χ2n) is 7.76. The van der Waals surface area contributed by atoms with Gasteiger partial charge in [0, 0.05) is 20.0 Å². The lowest BCUT2D eigenvalue weighted by atomic mass is 10.2. The number of rotatable bonds is 21. The summed E-state index contributed by atoms with van der Waals surface area (Å²) < 4.78 is 24.9. The molecule has 10 heteroatoms. The standard InChI is InChI=1S/C25H41O9P/c1-23(27)34-24(22-33-35(29,30)31)21-32-25(28)19-17-15-13-11-9-7-5-3-2-4-6-8-10-12-14-16-18-20-26/h2,4-5,7-8,10-11,13,24,26H,3,6,9,12,14-22H2,1H3,(H2,29,30,31)/b4-2-,7-5-,10-8-,13-11-/t24-/m1/s1. The average molecular weight is 517 g/mol. The molecule has 35 heavy (non-hydrogen) atoms. The largest absolute Gasteiger partial charge is 0.469 e. The SMILES string of the molecule is CC(=O)O[C@H](COC(=O)CCC/C=C\C/C=C\C/C=C\C/C=C\CCCCCO)COP(=O)(O)O. The van der Waals surface area contributed by atoms with Gasteiger partial charge in [-0.25, -0.2) is 4.57 Å². The number of aliphatic hydroxyl groups excluding tert-OH is 1. The molecular weight excluding hydrogens is 475 g/mol. The molecule has 1 atom stereocenters.